The number of likely N-dealkylation sites (tertiary alicyclic amines) is 1. The van der Waals surface area contributed by atoms with Crippen molar-refractivity contribution in [2.75, 3.05) is 13.1 Å². The zero-order chi connectivity index (χ0) is 13.9. The molecular formula is C16H17NO2S. The van der Waals surface area contributed by atoms with E-state index in [2.05, 4.69) is 42.5 Å². The summed E-state index contributed by atoms with van der Waals surface area (Å²) < 4.78 is 0. The van der Waals surface area contributed by atoms with Gasteiger partial charge in [-0.3, -0.25) is 0 Å². The van der Waals surface area contributed by atoms with E-state index in [9.17, 15) is 4.79 Å². The molecular weight excluding hydrogens is 270 g/mol. The second-order valence-electron chi connectivity index (χ2n) is 5.10. The molecule has 2 aromatic rings. The van der Waals surface area contributed by atoms with Crippen LogP contribution in [0.5, 0.6) is 0 Å². The van der Waals surface area contributed by atoms with Crippen LogP contribution in [-0.2, 0) is 0 Å². The van der Waals surface area contributed by atoms with Crippen molar-refractivity contribution in [2.45, 2.75) is 23.0 Å². The lowest BCUT2D eigenvalue weighted by Gasteiger charge is -2.29. The third kappa shape index (κ3) is 2.90. The van der Waals surface area contributed by atoms with E-state index in [4.69, 9.17) is 5.11 Å². The fourth-order valence-electron chi connectivity index (χ4n) is 2.60. The smallest absolute Gasteiger partial charge is 0.407 e. The number of carbonyl (C=O) groups is 1. The van der Waals surface area contributed by atoms with Crippen molar-refractivity contribution in [3.63, 3.8) is 0 Å². The Labute approximate surface area is 122 Å². The minimum absolute atomic E-state index is 0.520. The summed E-state index contributed by atoms with van der Waals surface area (Å²) in [4.78, 5) is 13.7. The largest absolute Gasteiger partial charge is 0.465 e. The molecule has 0 unspecified atom stereocenters. The lowest BCUT2D eigenvalue weighted by atomic mass is 10.1. The SMILES string of the molecule is O=C(O)N1CCC(Sc2ccc3ccccc3c2)CC1. The van der Waals surface area contributed by atoms with Crippen molar-refractivity contribution in [1.82, 2.24) is 4.90 Å². The van der Waals surface area contributed by atoms with E-state index in [-0.39, 0.29) is 0 Å². The molecule has 0 bridgehead atoms. The summed E-state index contributed by atoms with van der Waals surface area (Å²) in [6.45, 7) is 1.31. The lowest BCUT2D eigenvalue weighted by Crippen LogP contribution is -2.38. The fourth-order valence-corrected chi connectivity index (χ4v) is 3.77. The maximum Gasteiger partial charge on any atom is 0.407 e. The number of carboxylic acid groups (broad SMARTS) is 1. The summed E-state index contributed by atoms with van der Waals surface area (Å²) in [5, 5.41) is 12.0. The zero-order valence-corrected chi connectivity index (χ0v) is 12.0. The highest BCUT2D eigenvalue weighted by Gasteiger charge is 2.22. The number of piperidine rings is 1. The molecule has 20 heavy (non-hydrogen) atoms. The first-order valence-electron chi connectivity index (χ1n) is 6.86. The highest BCUT2D eigenvalue weighted by atomic mass is 32.2. The van der Waals surface area contributed by atoms with Gasteiger partial charge in [0.25, 0.3) is 0 Å². The number of fused-ring (bicyclic) bond motifs is 1. The molecule has 0 atom stereocenters. The molecule has 2 aromatic carbocycles. The van der Waals surface area contributed by atoms with Crippen LogP contribution in [0.25, 0.3) is 10.8 Å². The van der Waals surface area contributed by atoms with E-state index in [0.717, 1.165) is 12.8 Å². The van der Waals surface area contributed by atoms with Gasteiger partial charge in [0.05, 0.1) is 0 Å². The van der Waals surface area contributed by atoms with Crippen molar-refractivity contribution in [2.24, 2.45) is 0 Å². The average molecular weight is 287 g/mol. The van der Waals surface area contributed by atoms with Crippen LogP contribution in [0.1, 0.15) is 12.8 Å². The van der Waals surface area contributed by atoms with E-state index < -0.39 is 6.09 Å². The Kier molecular flexibility index (Phi) is 3.83. The van der Waals surface area contributed by atoms with Gasteiger partial charge in [-0.25, -0.2) is 4.79 Å². The Morgan fingerprint density at radius 2 is 1.80 bits per heavy atom. The minimum atomic E-state index is -0.792. The van der Waals surface area contributed by atoms with E-state index in [1.54, 1.807) is 0 Å². The highest BCUT2D eigenvalue weighted by Crippen LogP contribution is 2.32. The maximum absolute atomic E-state index is 10.9. The monoisotopic (exact) mass is 287 g/mol. The van der Waals surface area contributed by atoms with Crippen LogP contribution < -0.4 is 0 Å². The molecule has 4 heteroatoms. The summed E-state index contributed by atoms with van der Waals surface area (Å²) >= 11 is 1.87. The van der Waals surface area contributed by atoms with E-state index in [0.29, 0.717) is 18.3 Å². The van der Waals surface area contributed by atoms with Gasteiger partial charge >= 0.3 is 6.09 Å². The van der Waals surface area contributed by atoms with Crippen LogP contribution in [0.15, 0.2) is 47.4 Å². The molecule has 1 saturated heterocycles. The topological polar surface area (TPSA) is 40.5 Å². The first kappa shape index (κ1) is 13.3. The highest BCUT2D eigenvalue weighted by molar-refractivity contribution is 8.00. The summed E-state index contributed by atoms with van der Waals surface area (Å²) in [6, 6.07) is 14.9. The quantitative estimate of drug-likeness (QED) is 0.905. The third-order valence-electron chi connectivity index (χ3n) is 3.74. The fraction of sp³-hybridized carbons (Fsp3) is 0.312. The molecule has 104 valence electrons. The Morgan fingerprint density at radius 3 is 2.50 bits per heavy atom. The number of hydrogen-bond donors (Lipinski definition) is 1. The van der Waals surface area contributed by atoms with Crippen molar-refractivity contribution >= 4 is 28.6 Å². The molecule has 1 aliphatic heterocycles. The minimum Gasteiger partial charge on any atom is -0.465 e. The van der Waals surface area contributed by atoms with Crippen molar-refractivity contribution in [3.05, 3.63) is 42.5 Å². The summed E-state index contributed by atoms with van der Waals surface area (Å²) in [6.07, 6.45) is 1.08. The predicted octanol–water partition coefficient (Wildman–Crippen LogP) is 4.07. The predicted molar refractivity (Wildman–Crippen MR) is 82.4 cm³/mol. The van der Waals surface area contributed by atoms with Gasteiger partial charge in [0.1, 0.15) is 0 Å². The van der Waals surface area contributed by atoms with Gasteiger partial charge in [-0.2, -0.15) is 0 Å². The number of nitrogens with zero attached hydrogens (tertiary/aromatic N) is 1. The van der Waals surface area contributed by atoms with Gasteiger partial charge in [0.2, 0.25) is 0 Å². The number of rotatable bonds is 2. The van der Waals surface area contributed by atoms with Crippen molar-refractivity contribution in [3.8, 4) is 0 Å². The van der Waals surface area contributed by atoms with Crippen molar-refractivity contribution in [1.29, 1.82) is 0 Å². The number of benzene rings is 2. The summed E-state index contributed by atoms with van der Waals surface area (Å²) in [7, 11) is 0. The average Bonchev–Trinajstić information content (AvgIpc) is 2.48. The number of hydrogen-bond acceptors (Lipinski definition) is 2. The number of amides is 1. The molecule has 0 saturated carbocycles. The van der Waals surface area contributed by atoms with Crippen LogP contribution in [-0.4, -0.2) is 34.4 Å². The van der Waals surface area contributed by atoms with Crippen LogP contribution in [0.2, 0.25) is 0 Å². The molecule has 1 aliphatic rings. The molecule has 0 aromatic heterocycles. The maximum atomic E-state index is 10.9. The molecule has 1 fully saturated rings. The van der Waals surface area contributed by atoms with Crippen LogP contribution >= 0.6 is 11.8 Å². The number of thioether (sulfide) groups is 1. The molecule has 0 radical (unpaired) electrons. The van der Waals surface area contributed by atoms with Crippen LogP contribution in [0.3, 0.4) is 0 Å². The lowest BCUT2D eigenvalue weighted by molar-refractivity contribution is 0.136. The first-order valence-corrected chi connectivity index (χ1v) is 7.74. The van der Waals surface area contributed by atoms with E-state index in [1.165, 1.54) is 20.6 Å². The Bertz CT molecular complexity index is 621. The van der Waals surface area contributed by atoms with Gasteiger partial charge in [0.15, 0.2) is 0 Å². The zero-order valence-electron chi connectivity index (χ0n) is 11.2. The molecule has 0 aliphatic carbocycles. The van der Waals surface area contributed by atoms with Crippen LogP contribution in [0.4, 0.5) is 4.79 Å². The molecule has 3 rings (SSSR count). The Morgan fingerprint density at radius 1 is 1.10 bits per heavy atom. The molecule has 3 nitrogen and oxygen atoms in total. The summed E-state index contributed by atoms with van der Waals surface area (Å²) in [5.41, 5.74) is 0. The van der Waals surface area contributed by atoms with E-state index in [1.807, 2.05) is 11.8 Å². The van der Waals surface area contributed by atoms with Gasteiger partial charge in [-0.05, 0) is 35.7 Å². The Balaban J connectivity index is 1.66. The van der Waals surface area contributed by atoms with Gasteiger partial charge in [0, 0.05) is 23.2 Å². The standard InChI is InChI=1S/C16H17NO2S/c18-16(19)17-9-7-14(8-10-17)20-15-6-5-12-3-1-2-4-13(12)11-15/h1-6,11,14H,7-10H2,(H,18,19). The Hall–Kier alpha value is -1.68. The van der Waals surface area contributed by atoms with Crippen LogP contribution in [0, 0.1) is 0 Å². The first-order chi connectivity index (χ1) is 9.72. The second kappa shape index (κ2) is 5.75. The van der Waals surface area contributed by atoms with Gasteiger partial charge in [-0.1, -0.05) is 30.3 Å². The normalized spacial score (nSPS) is 16.5. The molecule has 0 spiro atoms. The van der Waals surface area contributed by atoms with E-state index >= 15 is 0 Å². The third-order valence-corrected chi connectivity index (χ3v) is 5.07. The van der Waals surface area contributed by atoms with Gasteiger partial charge < -0.3 is 10.0 Å². The molecule has 1 N–H and O–H groups in total. The van der Waals surface area contributed by atoms with Crippen molar-refractivity contribution < 1.29 is 9.90 Å². The summed E-state index contributed by atoms with van der Waals surface area (Å²) in [5.74, 6) is 0. The molecule has 1 heterocycles. The van der Waals surface area contributed by atoms with Gasteiger partial charge in [-0.15, -0.1) is 11.8 Å². The molecule has 1 amide bonds. The second-order valence-corrected chi connectivity index (χ2v) is 6.47.